The van der Waals surface area contributed by atoms with Gasteiger partial charge < -0.3 is 9.47 Å². The van der Waals surface area contributed by atoms with E-state index in [0.717, 1.165) is 23.2 Å². The highest BCUT2D eigenvalue weighted by atomic mass is 16.6. The van der Waals surface area contributed by atoms with Crippen LogP contribution in [-0.2, 0) is 6.42 Å². The van der Waals surface area contributed by atoms with Gasteiger partial charge in [0.2, 0.25) is 0 Å². The Kier molecular flexibility index (Phi) is 5.20. The summed E-state index contributed by atoms with van der Waals surface area (Å²) in [7, 11) is 1.54. The lowest BCUT2D eigenvalue weighted by Crippen LogP contribution is -2.17. The van der Waals surface area contributed by atoms with Crippen molar-refractivity contribution < 1.29 is 14.3 Å². The highest BCUT2D eigenvalue weighted by Crippen LogP contribution is 2.29. The average molecular weight is 297 g/mol. The minimum Gasteiger partial charge on any atom is -0.493 e. The number of amides is 1. The smallest absolute Gasteiger partial charge is 0.417 e. The average Bonchev–Trinajstić information content (AvgIpc) is 2.51. The van der Waals surface area contributed by atoms with E-state index in [1.54, 1.807) is 19.3 Å². The maximum absolute atomic E-state index is 12.0. The van der Waals surface area contributed by atoms with Crippen LogP contribution >= 0.6 is 0 Å². The number of ether oxygens (including phenoxy) is 2. The van der Waals surface area contributed by atoms with Crippen molar-refractivity contribution in [3.05, 3.63) is 66.2 Å². The van der Waals surface area contributed by atoms with Gasteiger partial charge in [-0.3, -0.25) is 5.32 Å². The van der Waals surface area contributed by atoms with E-state index in [0.29, 0.717) is 11.5 Å². The quantitative estimate of drug-likeness (QED) is 0.835. The normalized spacial score (nSPS) is 9.91. The molecule has 0 heterocycles. The summed E-state index contributed by atoms with van der Waals surface area (Å²) in [5.74, 6) is 0.890. The Morgan fingerprint density at radius 3 is 2.68 bits per heavy atom. The first kappa shape index (κ1) is 15.6. The van der Waals surface area contributed by atoms with Gasteiger partial charge in [0.05, 0.1) is 7.11 Å². The number of carbonyl (C=O) groups is 1. The number of aryl methyl sites for hydroxylation is 1. The number of hydrogen-bond donors (Lipinski definition) is 1. The lowest BCUT2D eigenvalue weighted by Gasteiger charge is -2.12. The largest absolute Gasteiger partial charge is 0.493 e. The van der Waals surface area contributed by atoms with E-state index in [1.165, 1.54) is 0 Å². The number of anilines is 1. The van der Waals surface area contributed by atoms with Crippen LogP contribution < -0.4 is 14.8 Å². The van der Waals surface area contributed by atoms with Gasteiger partial charge in [-0.05, 0) is 42.7 Å². The van der Waals surface area contributed by atoms with Gasteiger partial charge in [0.1, 0.15) is 0 Å². The lowest BCUT2D eigenvalue weighted by atomic mass is 10.1. The molecule has 0 unspecified atom stereocenters. The molecule has 2 rings (SSSR count). The van der Waals surface area contributed by atoms with Crippen molar-refractivity contribution in [3.8, 4) is 11.5 Å². The van der Waals surface area contributed by atoms with E-state index < -0.39 is 6.09 Å². The SMILES string of the molecule is C=CCc1ccc(OC(=O)Nc2ccccc2C)c(OC)c1. The lowest BCUT2D eigenvalue weighted by molar-refractivity contribution is 0.213. The van der Waals surface area contributed by atoms with Crippen molar-refractivity contribution in [3.63, 3.8) is 0 Å². The Hall–Kier alpha value is -2.75. The molecule has 0 aliphatic rings. The van der Waals surface area contributed by atoms with E-state index >= 15 is 0 Å². The molecule has 0 aliphatic heterocycles. The van der Waals surface area contributed by atoms with Gasteiger partial charge >= 0.3 is 6.09 Å². The van der Waals surface area contributed by atoms with Crippen LogP contribution in [0.5, 0.6) is 11.5 Å². The molecule has 22 heavy (non-hydrogen) atoms. The summed E-state index contributed by atoms with van der Waals surface area (Å²) in [4.78, 5) is 12.0. The number of rotatable bonds is 5. The van der Waals surface area contributed by atoms with E-state index in [4.69, 9.17) is 9.47 Å². The van der Waals surface area contributed by atoms with Gasteiger partial charge in [-0.2, -0.15) is 0 Å². The van der Waals surface area contributed by atoms with Crippen molar-refractivity contribution in [1.82, 2.24) is 0 Å². The zero-order valence-corrected chi connectivity index (χ0v) is 12.8. The number of methoxy groups -OCH3 is 1. The highest BCUT2D eigenvalue weighted by molar-refractivity contribution is 5.87. The molecule has 0 spiro atoms. The van der Waals surface area contributed by atoms with Gasteiger partial charge in [-0.15, -0.1) is 6.58 Å². The standard InChI is InChI=1S/C18H19NO3/c1-4-7-14-10-11-16(17(12-14)21-3)22-18(20)19-15-9-6-5-8-13(15)2/h4-6,8-12H,1,7H2,2-3H3,(H,19,20). The van der Waals surface area contributed by atoms with Crippen LogP contribution in [0.3, 0.4) is 0 Å². The molecule has 4 heteroatoms. The highest BCUT2D eigenvalue weighted by Gasteiger charge is 2.11. The van der Waals surface area contributed by atoms with Crippen LogP contribution in [0, 0.1) is 6.92 Å². The Balaban J connectivity index is 2.11. The van der Waals surface area contributed by atoms with Crippen LogP contribution in [0.1, 0.15) is 11.1 Å². The molecule has 2 aromatic rings. The molecule has 0 bridgehead atoms. The molecular weight excluding hydrogens is 278 g/mol. The first-order chi connectivity index (χ1) is 10.6. The summed E-state index contributed by atoms with van der Waals surface area (Å²) in [5, 5.41) is 2.72. The van der Waals surface area contributed by atoms with Crippen LogP contribution in [0.2, 0.25) is 0 Å². The minimum atomic E-state index is -0.552. The molecule has 0 saturated heterocycles. The summed E-state index contributed by atoms with van der Waals surface area (Å²) in [5.41, 5.74) is 2.72. The van der Waals surface area contributed by atoms with Crippen LogP contribution in [-0.4, -0.2) is 13.2 Å². The van der Waals surface area contributed by atoms with Crippen molar-refractivity contribution in [2.24, 2.45) is 0 Å². The number of carbonyl (C=O) groups excluding carboxylic acids is 1. The monoisotopic (exact) mass is 297 g/mol. The third-order valence-electron chi connectivity index (χ3n) is 3.19. The molecule has 114 valence electrons. The fourth-order valence-electron chi connectivity index (χ4n) is 2.04. The topological polar surface area (TPSA) is 47.6 Å². The van der Waals surface area contributed by atoms with E-state index in [-0.39, 0.29) is 0 Å². The maximum atomic E-state index is 12.0. The predicted octanol–water partition coefficient (Wildman–Crippen LogP) is 4.34. The van der Waals surface area contributed by atoms with E-state index in [1.807, 2.05) is 43.3 Å². The second-order valence-electron chi connectivity index (χ2n) is 4.81. The molecule has 0 atom stereocenters. The molecule has 0 aromatic heterocycles. The second-order valence-corrected chi connectivity index (χ2v) is 4.81. The van der Waals surface area contributed by atoms with Crippen molar-refractivity contribution >= 4 is 11.8 Å². The summed E-state index contributed by atoms with van der Waals surface area (Å²) in [6.45, 7) is 5.62. The fraction of sp³-hybridized carbons (Fsp3) is 0.167. The van der Waals surface area contributed by atoms with Crippen LogP contribution in [0.4, 0.5) is 10.5 Å². The third-order valence-corrected chi connectivity index (χ3v) is 3.19. The molecule has 1 N–H and O–H groups in total. The predicted molar refractivity (Wildman–Crippen MR) is 87.7 cm³/mol. The van der Waals surface area contributed by atoms with Crippen LogP contribution in [0.15, 0.2) is 55.1 Å². The number of nitrogens with one attached hydrogen (secondary N) is 1. The summed E-state index contributed by atoms with van der Waals surface area (Å²) < 4.78 is 10.6. The molecule has 4 nitrogen and oxygen atoms in total. The fourth-order valence-corrected chi connectivity index (χ4v) is 2.04. The van der Waals surface area contributed by atoms with Gasteiger partial charge in [0.15, 0.2) is 11.5 Å². The molecule has 0 saturated carbocycles. The zero-order valence-electron chi connectivity index (χ0n) is 12.8. The second kappa shape index (κ2) is 7.31. The first-order valence-electron chi connectivity index (χ1n) is 6.96. The Morgan fingerprint density at radius 2 is 2.00 bits per heavy atom. The Bertz CT molecular complexity index is 680. The number of benzene rings is 2. The molecule has 0 aliphatic carbocycles. The van der Waals surface area contributed by atoms with Gasteiger partial charge in [-0.25, -0.2) is 4.79 Å². The van der Waals surface area contributed by atoms with E-state index in [9.17, 15) is 4.79 Å². The van der Waals surface area contributed by atoms with Crippen molar-refractivity contribution in [2.45, 2.75) is 13.3 Å². The van der Waals surface area contributed by atoms with E-state index in [2.05, 4.69) is 11.9 Å². The summed E-state index contributed by atoms with van der Waals surface area (Å²) in [6, 6.07) is 12.9. The molecule has 0 radical (unpaired) electrons. The Labute approximate surface area is 130 Å². The summed E-state index contributed by atoms with van der Waals surface area (Å²) in [6.07, 6.45) is 1.98. The van der Waals surface area contributed by atoms with Crippen molar-refractivity contribution in [2.75, 3.05) is 12.4 Å². The Morgan fingerprint density at radius 1 is 1.23 bits per heavy atom. The minimum absolute atomic E-state index is 0.376. The number of hydrogen-bond acceptors (Lipinski definition) is 3. The molecular formula is C18H19NO3. The first-order valence-corrected chi connectivity index (χ1v) is 6.96. The number of para-hydroxylation sites is 1. The van der Waals surface area contributed by atoms with Gasteiger partial charge in [-0.1, -0.05) is 30.3 Å². The summed E-state index contributed by atoms with van der Waals surface area (Å²) >= 11 is 0. The zero-order chi connectivity index (χ0) is 15.9. The molecule has 0 fully saturated rings. The van der Waals surface area contributed by atoms with Gasteiger partial charge in [0, 0.05) is 5.69 Å². The number of allylic oxidation sites excluding steroid dienone is 1. The van der Waals surface area contributed by atoms with Crippen LogP contribution in [0.25, 0.3) is 0 Å². The molecule has 1 amide bonds. The van der Waals surface area contributed by atoms with Gasteiger partial charge in [0.25, 0.3) is 0 Å². The third kappa shape index (κ3) is 3.88. The van der Waals surface area contributed by atoms with Crippen molar-refractivity contribution in [1.29, 1.82) is 0 Å². The maximum Gasteiger partial charge on any atom is 0.417 e. The molecule has 2 aromatic carbocycles.